The summed E-state index contributed by atoms with van der Waals surface area (Å²) in [5, 5.41) is 15.7. The number of carbonyl (C=O) groups is 3. The maximum absolute atomic E-state index is 12.5. The van der Waals surface area contributed by atoms with Crippen LogP contribution < -0.4 is 15.5 Å². The van der Waals surface area contributed by atoms with Gasteiger partial charge in [-0.25, -0.2) is 9.59 Å². The van der Waals surface area contributed by atoms with Crippen molar-refractivity contribution in [3.05, 3.63) is 69.8 Å². The largest absolute Gasteiger partial charge is 0.452 e. The van der Waals surface area contributed by atoms with Gasteiger partial charge in [0.15, 0.2) is 6.61 Å². The van der Waals surface area contributed by atoms with Crippen LogP contribution in [-0.4, -0.2) is 42.5 Å². The second kappa shape index (κ2) is 10.2. The number of benzene rings is 2. The quantitative estimate of drug-likeness (QED) is 0.395. The van der Waals surface area contributed by atoms with Gasteiger partial charge in [-0.2, -0.15) is 0 Å². The summed E-state index contributed by atoms with van der Waals surface area (Å²) in [6, 6.07) is 12.4. The maximum atomic E-state index is 12.5. The predicted molar refractivity (Wildman–Crippen MR) is 112 cm³/mol. The molecule has 1 aliphatic heterocycles. The number of esters is 1. The molecule has 162 valence electrons. The van der Waals surface area contributed by atoms with E-state index in [1.165, 1.54) is 12.1 Å². The molecule has 0 aromatic heterocycles. The number of hydrogen-bond acceptors (Lipinski definition) is 7. The van der Waals surface area contributed by atoms with E-state index in [0.717, 1.165) is 37.6 Å². The molecule has 2 aromatic carbocycles. The van der Waals surface area contributed by atoms with Crippen molar-refractivity contribution in [1.29, 1.82) is 0 Å². The Morgan fingerprint density at radius 1 is 1.06 bits per heavy atom. The molecule has 1 heterocycles. The van der Waals surface area contributed by atoms with Crippen molar-refractivity contribution in [3.63, 3.8) is 0 Å². The molecule has 0 spiro atoms. The van der Waals surface area contributed by atoms with Crippen molar-refractivity contribution >= 4 is 29.3 Å². The highest BCUT2D eigenvalue weighted by Gasteiger charge is 2.24. The van der Waals surface area contributed by atoms with Crippen LogP contribution in [0.5, 0.6) is 0 Å². The number of hydrogen-bond donors (Lipinski definition) is 2. The van der Waals surface area contributed by atoms with Crippen molar-refractivity contribution < 1.29 is 24.0 Å². The van der Waals surface area contributed by atoms with Crippen LogP contribution >= 0.6 is 0 Å². The van der Waals surface area contributed by atoms with E-state index in [2.05, 4.69) is 10.6 Å². The summed E-state index contributed by atoms with van der Waals surface area (Å²) in [4.78, 5) is 48.7. The lowest BCUT2D eigenvalue weighted by molar-refractivity contribution is -0.384. The predicted octanol–water partition coefficient (Wildman–Crippen LogP) is 2.38. The third kappa shape index (κ3) is 6.01. The van der Waals surface area contributed by atoms with E-state index in [1.807, 2.05) is 35.2 Å². The van der Waals surface area contributed by atoms with Crippen molar-refractivity contribution in [2.24, 2.45) is 0 Å². The first-order chi connectivity index (χ1) is 14.9. The summed E-state index contributed by atoms with van der Waals surface area (Å²) < 4.78 is 5.01. The summed E-state index contributed by atoms with van der Waals surface area (Å²) in [6.07, 6.45) is 1.90. The minimum absolute atomic E-state index is 0.0115. The Labute approximate surface area is 178 Å². The van der Waals surface area contributed by atoms with Gasteiger partial charge in [0.1, 0.15) is 0 Å². The van der Waals surface area contributed by atoms with Crippen molar-refractivity contribution in [1.82, 2.24) is 10.6 Å². The van der Waals surface area contributed by atoms with Gasteiger partial charge in [0.05, 0.1) is 16.2 Å². The summed E-state index contributed by atoms with van der Waals surface area (Å²) in [7, 11) is 0. The molecule has 1 fully saturated rings. The molecule has 1 aliphatic rings. The molecule has 1 saturated heterocycles. The van der Waals surface area contributed by atoms with Crippen molar-refractivity contribution in [2.75, 3.05) is 24.6 Å². The second-order valence-electron chi connectivity index (χ2n) is 6.95. The van der Waals surface area contributed by atoms with Crippen molar-refractivity contribution in [3.8, 4) is 0 Å². The molecular weight excluding hydrogens is 404 g/mol. The van der Waals surface area contributed by atoms with Gasteiger partial charge in [0, 0.05) is 31.8 Å². The van der Waals surface area contributed by atoms with Crippen LogP contribution in [0.25, 0.3) is 0 Å². The number of anilines is 1. The number of non-ortho nitro benzene ring substituents is 1. The monoisotopic (exact) mass is 426 g/mol. The Morgan fingerprint density at radius 2 is 1.77 bits per heavy atom. The number of ether oxygens (including phenoxy) is 1. The summed E-state index contributed by atoms with van der Waals surface area (Å²) in [6.45, 7) is 0.979. The van der Waals surface area contributed by atoms with Crippen LogP contribution in [0, 0.1) is 10.1 Å². The van der Waals surface area contributed by atoms with Gasteiger partial charge in [-0.1, -0.05) is 30.3 Å². The van der Waals surface area contributed by atoms with E-state index < -0.39 is 29.4 Å². The van der Waals surface area contributed by atoms with Crippen LogP contribution in [-0.2, 0) is 16.1 Å². The number of rotatable bonds is 7. The average Bonchev–Trinajstić information content (AvgIpc) is 3.31. The topological polar surface area (TPSA) is 131 Å². The molecule has 3 rings (SSSR count). The Morgan fingerprint density at radius 3 is 2.45 bits per heavy atom. The van der Waals surface area contributed by atoms with Crippen molar-refractivity contribution in [2.45, 2.75) is 19.4 Å². The first kappa shape index (κ1) is 21.8. The number of nitro benzene ring substituents is 1. The van der Waals surface area contributed by atoms with E-state index in [1.54, 1.807) is 0 Å². The van der Waals surface area contributed by atoms with E-state index in [-0.39, 0.29) is 17.8 Å². The van der Waals surface area contributed by atoms with Gasteiger partial charge in [-0.15, -0.1) is 0 Å². The van der Waals surface area contributed by atoms with Gasteiger partial charge in [0.25, 0.3) is 11.6 Å². The SMILES string of the molecule is O=C(COC(=O)c1cc([N+](=O)[O-])ccc1N1CCCC1)NC(=O)NCc1ccccc1. The fourth-order valence-corrected chi connectivity index (χ4v) is 3.23. The zero-order valence-corrected chi connectivity index (χ0v) is 16.7. The number of urea groups is 1. The number of amides is 3. The van der Waals surface area contributed by atoms with Crippen LogP contribution in [0.3, 0.4) is 0 Å². The van der Waals surface area contributed by atoms with Gasteiger partial charge in [0.2, 0.25) is 0 Å². The lowest BCUT2D eigenvalue weighted by Crippen LogP contribution is -2.41. The lowest BCUT2D eigenvalue weighted by atomic mass is 10.1. The molecular formula is C21H22N4O6. The zero-order chi connectivity index (χ0) is 22.2. The smallest absolute Gasteiger partial charge is 0.341 e. The highest BCUT2D eigenvalue weighted by Crippen LogP contribution is 2.28. The minimum atomic E-state index is -0.870. The van der Waals surface area contributed by atoms with E-state index >= 15 is 0 Å². The molecule has 3 amide bonds. The van der Waals surface area contributed by atoms with E-state index in [9.17, 15) is 24.5 Å². The standard InChI is InChI=1S/C21H22N4O6/c26-19(23-21(28)22-13-15-6-2-1-3-7-15)14-31-20(27)17-12-16(25(29)30)8-9-18(17)24-10-4-5-11-24/h1-3,6-9,12H,4-5,10-11,13-14H2,(H2,22,23,26,28). The fraction of sp³-hybridized carbons (Fsp3) is 0.286. The van der Waals surface area contributed by atoms with Crippen LogP contribution in [0.1, 0.15) is 28.8 Å². The lowest BCUT2D eigenvalue weighted by Gasteiger charge is -2.20. The van der Waals surface area contributed by atoms with Crippen LogP contribution in [0.4, 0.5) is 16.2 Å². The summed E-state index contributed by atoms with van der Waals surface area (Å²) in [5.41, 5.74) is 1.14. The molecule has 2 N–H and O–H groups in total. The zero-order valence-electron chi connectivity index (χ0n) is 16.7. The Hall–Kier alpha value is -3.95. The van der Waals surface area contributed by atoms with E-state index in [0.29, 0.717) is 5.69 Å². The molecule has 2 aromatic rings. The molecule has 31 heavy (non-hydrogen) atoms. The first-order valence-electron chi connectivity index (χ1n) is 9.76. The number of imide groups is 1. The number of nitrogens with zero attached hydrogens (tertiary/aromatic N) is 2. The minimum Gasteiger partial charge on any atom is -0.452 e. The van der Waals surface area contributed by atoms with Gasteiger partial charge >= 0.3 is 12.0 Å². The summed E-state index contributed by atoms with van der Waals surface area (Å²) >= 11 is 0. The molecule has 0 saturated carbocycles. The Balaban J connectivity index is 1.56. The normalized spacial score (nSPS) is 12.8. The second-order valence-corrected chi connectivity index (χ2v) is 6.95. The molecule has 10 heteroatoms. The molecule has 0 radical (unpaired) electrons. The average molecular weight is 426 g/mol. The Bertz CT molecular complexity index is 973. The molecule has 0 unspecified atom stereocenters. The Kier molecular flexibility index (Phi) is 7.15. The third-order valence-corrected chi connectivity index (χ3v) is 4.74. The maximum Gasteiger partial charge on any atom is 0.341 e. The molecule has 0 bridgehead atoms. The van der Waals surface area contributed by atoms with Gasteiger partial charge in [-0.3, -0.25) is 20.2 Å². The van der Waals surface area contributed by atoms with E-state index in [4.69, 9.17) is 4.74 Å². The number of nitro groups is 1. The number of carbonyl (C=O) groups excluding carboxylic acids is 3. The number of nitrogens with one attached hydrogen (secondary N) is 2. The first-order valence-corrected chi connectivity index (χ1v) is 9.76. The van der Waals surface area contributed by atoms with Crippen LogP contribution in [0.15, 0.2) is 48.5 Å². The van der Waals surface area contributed by atoms with Crippen LogP contribution in [0.2, 0.25) is 0 Å². The molecule has 0 aliphatic carbocycles. The highest BCUT2D eigenvalue weighted by atomic mass is 16.6. The molecule has 10 nitrogen and oxygen atoms in total. The highest BCUT2D eigenvalue weighted by molar-refractivity contribution is 5.99. The third-order valence-electron chi connectivity index (χ3n) is 4.74. The summed E-state index contributed by atoms with van der Waals surface area (Å²) in [5.74, 6) is -1.68. The fourth-order valence-electron chi connectivity index (χ4n) is 3.23. The van der Waals surface area contributed by atoms with Gasteiger partial charge in [-0.05, 0) is 24.5 Å². The molecule has 0 atom stereocenters. The van der Waals surface area contributed by atoms with Gasteiger partial charge < -0.3 is 15.0 Å².